The van der Waals surface area contributed by atoms with Crippen LogP contribution in [0.5, 0.6) is 11.5 Å². The van der Waals surface area contributed by atoms with Gasteiger partial charge >= 0.3 is 0 Å². The van der Waals surface area contributed by atoms with Gasteiger partial charge in [0.2, 0.25) is 11.7 Å². The molecule has 0 aliphatic carbocycles. The van der Waals surface area contributed by atoms with Gasteiger partial charge < -0.3 is 19.2 Å². The van der Waals surface area contributed by atoms with Crippen molar-refractivity contribution in [3.63, 3.8) is 0 Å². The lowest BCUT2D eigenvalue weighted by atomic mass is 10.2. The van der Waals surface area contributed by atoms with Crippen LogP contribution in [-0.2, 0) is 4.79 Å². The molecule has 37 heavy (non-hydrogen) atoms. The second kappa shape index (κ2) is 11.3. The summed E-state index contributed by atoms with van der Waals surface area (Å²) in [6.07, 6.45) is 1.58. The summed E-state index contributed by atoms with van der Waals surface area (Å²) in [5, 5.41) is 14.5. The number of ether oxygens (including phenoxy) is 2. The van der Waals surface area contributed by atoms with Gasteiger partial charge in [-0.25, -0.2) is 4.98 Å². The number of carbonyl (C=O) groups excluding carboxylic acids is 1. The average molecular weight is 534 g/mol. The van der Waals surface area contributed by atoms with Crippen molar-refractivity contribution in [3.8, 4) is 40.0 Å². The van der Waals surface area contributed by atoms with E-state index in [-0.39, 0.29) is 11.7 Å². The molecule has 0 saturated heterocycles. The lowest BCUT2D eigenvalue weighted by Crippen LogP contribution is -2.14. The van der Waals surface area contributed by atoms with E-state index in [0.717, 1.165) is 28.4 Å². The fourth-order valence-corrected chi connectivity index (χ4v) is 5.02. The largest absolute Gasteiger partial charge is 0.497 e. The average Bonchev–Trinajstić information content (AvgIpc) is 3.69. The molecule has 0 aliphatic heterocycles. The lowest BCUT2D eigenvalue weighted by Gasteiger charge is -2.10. The molecule has 3 aromatic heterocycles. The van der Waals surface area contributed by atoms with Crippen molar-refractivity contribution < 1.29 is 18.7 Å². The van der Waals surface area contributed by atoms with Crippen molar-refractivity contribution >= 4 is 34.1 Å². The first-order valence-corrected chi connectivity index (χ1v) is 13.3. The summed E-state index contributed by atoms with van der Waals surface area (Å²) in [5.74, 6) is 2.59. The predicted octanol–water partition coefficient (Wildman–Crippen LogP) is 5.79. The van der Waals surface area contributed by atoms with E-state index in [1.54, 1.807) is 19.4 Å². The van der Waals surface area contributed by atoms with Crippen LogP contribution in [0.3, 0.4) is 0 Å². The number of benzene rings is 2. The van der Waals surface area contributed by atoms with E-state index in [1.165, 1.54) is 23.1 Å². The molecule has 2 aromatic carbocycles. The number of hydrogen-bond donors (Lipinski definition) is 1. The molecule has 0 atom stereocenters. The summed E-state index contributed by atoms with van der Waals surface area (Å²) < 4.78 is 18.2. The zero-order chi connectivity index (χ0) is 25.6. The molecule has 5 aromatic rings. The third-order valence-corrected chi connectivity index (χ3v) is 6.94. The van der Waals surface area contributed by atoms with Gasteiger partial charge in [0.25, 0.3) is 0 Å². The van der Waals surface area contributed by atoms with Crippen LogP contribution < -0.4 is 14.8 Å². The number of nitrogens with zero attached hydrogens (tertiary/aromatic N) is 4. The van der Waals surface area contributed by atoms with Gasteiger partial charge in [0.15, 0.2) is 16.0 Å². The van der Waals surface area contributed by atoms with Crippen molar-refractivity contribution in [2.75, 3.05) is 24.8 Å². The van der Waals surface area contributed by atoms with Crippen LogP contribution in [0.25, 0.3) is 28.5 Å². The number of carbonyl (C=O) groups is 1. The molecular formula is C26H23N5O4S2. The Morgan fingerprint density at radius 2 is 1.86 bits per heavy atom. The molecule has 0 unspecified atom stereocenters. The van der Waals surface area contributed by atoms with Gasteiger partial charge in [-0.05, 0) is 67.6 Å². The van der Waals surface area contributed by atoms with Gasteiger partial charge in [-0.15, -0.1) is 21.5 Å². The highest BCUT2D eigenvalue weighted by Crippen LogP contribution is 2.30. The van der Waals surface area contributed by atoms with Crippen molar-refractivity contribution in [2.24, 2.45) is 0 Å². The highest BCUT2D eigenvalue weighted by molar-refractivity contribution is 7.99. The zero-order valence-electron chi connectivity index (χ0n) is 20.1. The van der Waals surface area contributed by atoms with Crippen LogP contribution in [0.2, 0.25) is 0 Å². The minimum absolute atomic E-state index is 0.129. The fourth-order valence-electron chi connectivity index (χ4n) is 3.53. The summed E-state index contributed by atoms with van der Waals surface area (Å²) in [6.45, 7) is 2.56. The maximum absolute atomic E-state index is 12.7. The summed E-state index contributed by atoms with van der Waals surface area (Å²) in [6, 6.07) is 18.8. The zero-order valence-corrected chi connectivity index (χ0v) is 21.7. The van der Waals surface area contributed by atoms with E-state index in [1.807, 2.05) is 71.5 Å². The second-order valence-electron chi connectivity index (χ2n) is 7.65. The molecule has 1 N–H and O–H groups in total. The van der Waals surface area contributed by atoms with Gasteiger partial charge in [0.05, 0.1) is 37.1 Å². The smallest absolute Gasteiger partial charge is 0.236 e. The third-order valence-electron chi connectivity index (χ3n) is 5.25. The molecule has 0 aliphatic rings. The molecule has 188 valence electrons. The van der Waals surface area contributed by atoms with Gasteiger partial charge in [-0.2, -0.15) is 0 Å². The maximum Gasteiger partial charge on any atom is 0.236 e. The first-order chi connectivity index (χ1) is 18.1. The van der Waals surface area contributed by atoms with E-state index in [9.17, 15) is 4.79 Å². The molecule has 9 nitrogen and oxygen atoms in total. The Morgan fingerprint density at radius 1 is 1.08 bits per heavy atom. The maximum atomic E-state index is 12.7. The number of thiazole rings is 1. The molecule has 11 heteroatoms. The van der Waals surface area contributed by atoms with Crippen molar-refractivity contribution in [2.45, 2.75) is 12.1 Å². The number of methoxy groups -OCH3 is 1. The lowest BCUT2D eigenvalue weighted by molar-refractivity contribution is -0.113. The van der Waals surface area contributed by atoms with E-state index >= 15 is 0 Å². The first kappa shape index (κ1) is 24.6. The number of thioether (sulfide) groups is 1. The summed E-state index contributed by atoms with van der Waals surface area (Å²) >= 11 is 2.65. The monoisotopic (exact) mass is 533 g/mol. The Morgan fingerprint density at radius 3 is 2.57 bits per heavy atom. The van der Waals surface area contributed by atoms with Crippen molar-refractivity contribution in [1.82, 2.24) is 19.7 Å². The Labute approximate surface area is 221 Å². The van der Waals surface area contributed by atoms with Crippen LogP contribution in [0.4, 0.5) is 5.13 Å². The molecule has 0 fully saturated rings. The normalized spacial score (nSPS) is 10.9. The van der Waals surface area contributed by atoms with E-state index in [0.29, 0.717) is 28.5 Å². The number of amides is 1. The summed E-state index contributed by atoms with van der Waals surface area (Å²) in [7, 11) is 1.62. The van der Waals surface area contributed by atoms with E-state index in [2.05, 4.69) is 20.5 Å². The Kier molecular flexibility index (Phi) is 7.52. The summed E-state index contributed by atoms with van der Waals surface area (Å²) in [5.41, 5.74) is 2.56. The van der Waals surface area contributed by atoms with Gasteiger partial charge in [0, 0.05) is 10.9 Å². The third kappa shape index (κ3) is 5.68. The Bertz CT molecular complexity index is 1460. The predicted molar refractivity (Wildman–Crippen MR) is 144 cm³/mol. The Hall–Kier alpha value is -4.09. The molecule has 5 rings (SSSR count). The van der Waals surface area contributed by atoms with E-state index < -0.39 is 0 Å². The van der Waals surface area contributed by atoms with Gasteiger partial charge in [0.1, 0.15) is 11.5 Å². The van der Waals surface area contributed by atoms with Crippen molar-refractivity contribution in [1.29, 1.82) is 0 Å². The number of rotatable bonds is 10. The topological polar surface area (TPSA) is 104 Å². The van der Waals surface area contributed by atoms with Crippen LogP contribution in [0.15, 0.2) is 81.9 Å². The number of furan rings is 1. The number of hydrogen-bond acceptors (Lipinski definition) is 9. The minimum Gasteiger partial charge on any atom is -0.497 e. The van der Waals surface area contributed by atoms with Crippen LogP contribution >= 0.6 is 23.1 Å². The Balaban J connectivity index is 1.28. The molecule has 3 heterocycles. The standard InChI is InChI=1S/C26H23N5O4S2/c1-3-34-20-10-6-17(7-11-20)21-15-36-25(27-21)28-23(32)16-37-26-30-29-24(22-5-4-14-35-22)31(26)18-8-12-19(33-2)13-9-18/h4-15H,3,16H2,1-2H3,(H,27,28,32). The SMILES string of the molecule is CCOc1ccc(-c2csc(NC(=O)CSc3nnc(-c4ccco4)n3-c3ccc(OC)cc3)n2)cc1. The number of anilines is 1. The molecule has 0 spiro atoms. The molecule has 0 radical (unpaired) electrons. The second-order valence-corrected chi connectivity index (χ2v) is 9.45. The van der Waals surface area contributed by atoms with Gasteiger partial charge in [-0.3, -0.25) is 9.36 Å². The molecular weight excluding hydrogens is 510 g/mol. The van der Waals surface area contributed by atoms with E-state index in [4.69, 9.17) is 13.9 Å². The van der Waals surface area contributed by atoms with Crippen molar-refractivity contribution in [3.05, 3.63) is 72.3 Å². The molecule has 0 saturated carbocycles. The van der Waals surface area contributed by atoms with Gasteiger partial charge in [-0.1, -0.05) is 11.8 Å². The minimum atomic E-state index is -0.193. The highest BCUT2D eigenvalue weighted by atomic mass is 32.2. The number of aromatic nitrogens is 4. The number of nitrogens with one attached hydrogen (secondary N) is 1. The molecule has 1 amide bonds. The van der Waals surface area contributed by atoms with Crippen LogP contribution in [-0.4, -0.2) is 45.1 Å². The van der Waals surface area contributed by atoms with Crippen LogP contribution in [0.1, 0.15) is 6.92 Å². The quantitative estimate of drug-likeness (QED) is 0.225. The molecule has 0 bridgehead atoms. The summed E-state index contributed by atoms with van der Waals surface area (Å²) in [4.78, 5) is 17.3. The first-order valence-electron chi connectivity index (χ1n) is 11.4. The highest BCUT2D eigenvalue weighted by Gasteiger charge is 2.19. The fraction of sp³-hybridized carbons (Fsp3) is 0.154. The van der Waals surface area contributed by atoms with Crippen LogP contribution in [0, 0.1) is 0 Å².